The van der Waals surface area contributed by atoms with Crippen LogP contribution in [0.2, 0.25) is 0 Å². The van der Waals surface area contributed by atoms with Crippen molar-refractivity contribution in [1.82, 2.24) is 14.7 Å². The zero-order valence-electron chi connectivity index (χ0n) is 22.3. The first-order valence-electron chi connectivity index (χ1n) is 13.8. The fraction of sp³-hybridized carbons (Fsp3) is 0.484. The molecule has 3 amide bonds. The normalized spacial score (nSPS) is 19.2. The highest BCUT2D eigenvalue weighted by molar-refractivity contribution is 5.89. The van der Waals surface area contributed by atoms with Gasteiger partial charge in [-0.25, -0.2) is 4.79 Å². The van der Waals surface area contributed by atoms with Crippen molar-refractivity contribution >= 4 is 17.6 Å². The molecule has 4 rings (SSSR count). The summed E-state index contributed by atoms with van der Waals surface area (Å²) < 4.78 is 0. The first-order chi connectivity index (χ1) is 18.0. The Balaban J connectivity index is 1.19. The summed E-state index contributed by atoms with van der Waals surface area (Å²) in [5.74, 6) is 0.975. The second-order valence-electron chi connectivity index (χ2n) is 10.5. The van der Waals surface area contributed by atoms with E-state index in [1.165, 1.54) is 12.8 Å². The third-order valence-electron chi connectivity index (χ3n) is 8.01. The van der Waals surface area contributed by atoms with Crippen LogP contribution in [0.5, 0.6) is 0 Å². The molecule has 6 heteroatoms. The molecule has 0 bridgehead atoms. The number of rotatable bonds is 8. The number of amides is 3. The Morgan fingerprint density at radius 2 is 1.65 bits per heavy atom. The van der Waals surface area contributed by atoms with Crippen LogP contribution < -0.4 is 5.32 Å². The Morgan fingerprint density at radius 1 is 0.946 bits per heavy atom. The van der Waals surface area contributed by atoms with E-state index < -0.39 is 0 Å². The molecular formula is C31H42N4O2. The van der Waals surface area contributed by atoms with Crippen LogP contribution in [0, 0.1) is 5.92 Å². The minimum absolute atomic E-state index is 0.0856. The van der Waals surface area contributed by atoms with Crippen LogP contribution in [0.4, 0.5) is 10.5 Å². The van der Waals surface area contributed by atoms with E-state index in [1.54, 1.807) is 0 Å². The lowest BCUT2D eigenvalue weighted by Gasteiger charge is -2.37. The molecule has 2 fully saturated rings. The summed E-state index contributed by atoms with van der Waals surface area (Å²) in [6, 6.07) is 18.3. The number of anilines is 1. The quantitative estimate of drug-likeness (QED) is 0.459. The summed E-state index contributed by atoms with van der Waals surface area (Å²) in [7, 11) is 1.87. The molecule has 2 aromatic rings. The van der Waals surface area contributed by atoms with Gasteiger partial charge < -0.3 is 15.1 Å². The molecule has 37 heavy (non-hydrogen) atoms. The molecule has 2 aromatic carbocycles. The number of hydrogen-bond acceptors (Lipinski definition) is 3. The highest BCUT2D eigenvalue weighted by Crippen LogP contribution is 2.24. The molecular weight excluding hydrogens is 460 g/mol. The maximum Gasteiger partial charge on any atom is 0.321 e. The number of carbonyl (C=O) groups is 2. The average molecular weight is 503 g/mol. The van der Waals surface area contributed by atoms with Crippen molar-refractivity contribution < 1.29 is 9.59 Å². The van der Waals surface area contributed by atoms with Gasteiger partial charge in [-0.05, 0) is 74.1 Å². The number of hydrogen-bond donors (Lipinski definition) is 1. The molecule has 1 atom stereocenters. The summed E-state index contributed by atoms with van der Waals surface area (Å²) in [5.41, 5.74) is 3.08. The zero-order chi connectivity index (χ0) is 26.0. The van der Waals surface area contributed by atoms with Crippen molar-refractivity contribution in [2.45, 2.75) is 51.0 Å². The van der Waals surface area contributed by atoms with Gasteiger partial charge in [-0.3, -0.25) is 9.69 Å². The van der Waals surface area contributed by atoms with Crippen LogP contribution in [0.15, 0.2) is 67.3 Å². The summed E-state index contributed by atoms with van der Waals surface area (Å²) in [6.45, 7) is 7.78. The summed E-state index contributed by atoms with van der Waals surface area (Å²) in [4.78, 5) is 32.0. The Hall–Kier alpha value is -3.12. The number of piperidine rings is 1. The van der Waals surface area contributed by atoms with Crippen LogP contribution in [-0.4, -0.2) is 72.5 Å². The first-order valence-corrected chi connectivity index (χ1v) is 13.8. The molecule has 0 aromatic heterocycles. The number of urea groups is 1. The van der Waals surface area contributed by atoms with Gasteiger partial charge in [0, 0.05) is 45.0 Å². The van der Waals surface area contributed by atoms with Crippen molar-refractivity contribution in [1.29, 1.82) is 0 Å². The topological polar surface area (TPSA) is 55.9 Å². The summed E-state index contributed by atoms with van der Waals surface area (Å²) in [5, 5.41) is 3.03. The molecule has 0 saturated carbocycles. The van der Waals surface area contributed by atoms with E-state index in [-0.39, 0.29) is 18.0 Å². The smallest absolute Gasteiger partial charge is 0.321 e. The van der Waals surface area contributed by atoms with E-state index in [1.807, 2.05) is 60.5 Å². The Bertz CT molecular complexity index is 1020. The molecule has 2 aliphatic heterocycles. The third-order valence-corrected chi connectivity index (χ3v) is 8.01. The van der Waals surface area contributed by atoms with Crippen LogP contribution >= 0.6 is 0 Å². The average Bonchev–Trinajstić information content (AvgIpc) is 3.18. The van der Waals surface area contributed by atoms with Gasteiger partial charge in [0.2, 0.25) is 5.91 Å². The Labute approximate surface area is 222 Å². The highest BCUT2D eigenvalue weighted by Gasteiger charge is 2.28. The Morgan fingerprint density at radius 3 is 2.35 bits per heavy atom. The maximum atomic E-state index is 13.0. The van der Waals surface area contributed by atoms with Gasteiger partial charge in [-0.2, -0.15) is 0 Å². The minimum atomic E-state index is -0.0856. The second kappa shape index (κ2) is 13.4. The van der Waals surface area contributed by atoms with Gasteiger partial charge in [0.25, 0.3) is 0 Å². The number of benzene rings is 2. The molecule has 2 aliphatic rings. The monoisotopic (exact) mass is 502 g/mol. The SMILES string of the molecule is C=CCCC1CCCN(C(=O)CN2CCC(N(C)C(=O)Nc3ccc(-c4ccccc4)cc3)CC2)CC1. The fourth-order valence-corrected chi connectivity index (χ4v) is 5.57. The predicted molar refractivity (Wildman–Crippen MR) is 151 cm³/mol. The van der Waals surface area contributed by atoms with Crippen molar-refractivity contribution in [3.63, 3.8) is 0 Å². The lowest BCUT2D eigenvalue weighted by Crippen LogP contribution is -2.49. The lowest BCUT2D eigenvalue weighted by molar-refractivity contribution is -0.132. The van der Waals surface area contributed by atoms with Crippen molar-refractivity contribution in [2.24, 2.45) is 5.92 Å². The largest absolute Gasteiger partial charge is 0.342 e. The highest BCUT2D eigenvalue weighted by atomic mass is 16.2. The van der Waals surface area contributed by atoms with Gasteiger partial charge in [-0.15, -0.1) is 6.58 Å². The predicted octanol–water partition coefficient (Wildman–Crippen LogP) is 5.88. The molecule has 2 heterocycles. The van der Waals surface area contributed by atoms with Crippen molar-refractivity contribution in [3.8, 4) is 11.1 Å². The molecule has 0 radical (unpaired) electrons. The standard InChI is InChI=1S/C31H42N4O2/c1-3-4-9-25-10-8-20-35(23-17-25)30(36)24-34-21-18-29(19-22-34)33(2)31(37)32-28-15-13-27(14-16-28)26-11-6-5-7-12-26/h3,5-7,11-16,25,29H,1,4,8-10,17-24H2,2H3,(H,32,37). The number of nitrogens with one attached hydrogen (secondary N) is 1. The molecule has 6 nitrogen and oxygen atoms in total. The van der Waals surface area contributed by atoms with Crippen LogP contribution in [-0.2, 0) is 4.79 Å². The summed E-state index contributed by atoms with van der Waals surface area (Å²) in [6.07, 6.45) is 9.46. The minimum Gasteiger partial charge on any atom is -0.342 e. The number of likely N-dealkylation sites (tertiary alicyclic amines) is 2. The van der Waals surface area contributed by atoms with Gasteiger partial charge in [-0.1, -0.05) is 48.5 Å². The van der Waals surface area contributed by atoms with E-state index in [9.17, 15) is 9.59 Å². The van der Waals surface area contributed by atoms with E-state index in [4.69, 9.17) is 0 Å². The molecule has 0 spiro atoms. The van der Waals surface area contributed by atoms with E-state index in [2.05, 4.69) is 33.8 Å². The molecule has 1 N–H and O–H groups in total. The van der Waals surface area contributed by atoms with Crippen molar-refractivity contribution in [2.75, 3.05) is 45.1 Å². The second-order valence-corrected chi connectivity index (χ2v) is 10.5. The first kappa shape index (κ1) is 26.9. The molecule has 0 aliphatic carbocycles. The van der Waals surface area contributed by atoms with Gasteiger partial charge in [0.1, 0.15) is 0 Å². The summed E-state index contributed by atoms with van der Waals surface area (Å²) >= 11 is 0. The lowest BCUT2D eigenvalue weighted by atomic mass is 9.95. The van der Waals surface area contributed by atoms with Crippen LogP contribution in [0.3, 0.4) is 0 Å². The zero-order valence-corrected chi connectivity index (χ0v) is 22.3. The van der Waals surface area contributed by atoms with Crippen LogP contribution in [0.1, 0.15) is 44.9 Å². The Kier molecular flexibility index (Phi) is 9.78. The number of allylic oxidation sites excluding steroid dienone is 1. The van der Waals surface area contributed by atoms with Gasteiger partial charge in [0.15, 0.2) is 0 Å². The van der Waals surface area contributed by atoms with Gasteiger partial charge >= 0.3 is 6.03 Å². The number of nitrogens with zero attached hydrogens (tertiary/aromatic N) is 3. The third kappa shape index (κ3) is 7.68. The van der Waals surface area contributed by atoms with Gasteiger partial charge in [0.05, 0.1) is 6.54 Å². The fourth-order valence-electron chi connectivity index (χ4n) is 5.57. The molecule has 2 saturated heterocycles. The molecule has 1 unspecified atom stereocenters. The number of carbonyl (C=O) groups excluding carboxylic acids is 2. The van der Waals surface area contributed by atoms with Crippen LogP contribution in [0.25, 0.3) is 11.1 Å². The van der Waals surface area contributed by atoms with Crippen molar-refractivity contribution in [3.05, 3.63) is 67.3 Å². The van der Waals surface area contributed by atoms with E-state index in [0.717, 1.165) is 81.0 Å². The maximum absolute atomic E-state index is 13.0. The van der Waals surface area contributed by atoms with E-state index in [0.29, 0.717) is 6.54 Å². The van der Waals surface area contributed by atoms with E-state index >= 15 is 0 Å². The molecule has 198 valence electrons.